The van der Waals surface area contributed by atoms with Crippen LogP contribution in [-0.4, -0.2) is 30.5 Å². The Labute approximate surface area is 192 Å². The summed E-state index contributed by atoms with van der Waals surface area (Å²) in [5.74, 6) is 1.81. The lowest BCUT2D eigenvalue weighted by Crippen LogP contribution is -2.60. The van der Waals surface area contributed by atoms with Crippen LogP contribution in [0.5, 0.6) is 0 Å². The average molecular weight is 451 g/mol. The van der Waals surface area contributed by atoms with Crippen molar-refractivity contribution < 1.29 is 4.79 Å². The van der Waals surface area contributed by atoms with E-state index in [0.717, 1.165) is 32.1 Å². The van der Waals surface area contributed by atoms with Gasteiger partial charge >= 0.3 is 0 Å². The van der Waals surface area contributed by atoms with E-state index in [2.05, 4.69) is 51.7 Å². The molecule has 0 radical (unpaired) electrons. The molecule has 8 heteroatoms. The Hall–Kier alpha value is -2.67. The lowest BCUT2D eigenvalue weighted by atomic mass is 9.46. The molecule has 2 aromatic heterocycles. The maximum absolute atomic E-state index is 13.6. The van der Waals surface area contributed by atoms with Crippen LogP contribution in [0, 0.1) is 24.2 Å². The number of halogens is 1. The molecule has 1 amide bonds. The third-order valence-electron chi connectivity index (χ3n) is 7.77. The molecule has 2 heterocycles. The van der Waals surface area contributed by atoms with E-state index in [1.165, 1.54) is 17.5 Å². The van der Waals surface area contributed by atoms with E-state index in [4.69, 9.17) is 11.6 Å². The molecule has 2 atom stereocenters. The standard InChI is InChI=1S/C24H27ClN6O/c1-16-3-2-4-17(7-16)13-30-6-5-20(28-30)27-21(32)23-9-18-8-19(10-23)12-24(11-18,14-23)31-15-26-22(25)29-31/h2-7,15,18-19H,8-14H2,1H3,(H,27,28,32). The van der Waals surface area contributed by atoms with Crippen molar-refractivity contribution in [3.8, 4) is 0 Å². The molecule has 4 saturated carbocycles. The molecule has 0 aliphatic heterocycles. The molecule has 4 aliphatic carbocycles. The van der Waals surface area contributed by atoms with Crippen molar-refractivity contribution in [1.82, 2.24) is 24.5 Å². The Morgan fingerprint density at radius 3 is 2.72 bits per heavy atom. The minimum absolute atomic E-state index is 0.1000. The SMILES string of the molecule is Cc1cccc(Cn2ccc(NC(=O)C34CC5CC(C3)CC(n3cnc(Cl)n3)(C5)C4)n2)c1. The topological polar surface area (TPSA) is 77.6 Å². The molecule has 4 aliphatic rings. The summed E-state index contributed by atoms with van der Waals surface area (Å²) in [6.45, 7) is 2.77. The van der Waals surface area contributed by atoms with Crippen LogP contribution in [0.15, 0.2) is 42.9 Å². The van der Waals surface area contributed by atoms with E-state index in [1.807, 2.05) is 21.6 Å². The Kier molecular flexibility index (Phi) is 4.47. The quantitative estimate of drug-likeness (QED) is 0.624. The summed E-state index contributed by atoms with van der Waals surface area (Å²) < 4.78 is 3.83. The average Bonchev–Trinajstić information content (AvgIpc) is 3.36. The van der Waals surface area contributed by atoms with Gasteiger partial charge in [0.15, 0.2) is 5.82 Å². The molecule has 0 saturated heterocycles. The van der Waals surface area contributed by atoms with Gasteiger partial charge in [0.05, 0.1) is 17.5 Å². The number of anilines is 1. The summed E-state index contributed by atoms with van der Waals surface area (Å²) in [6, 6.07) is 10.3. The molecule has 1 aromatic carbocycles. The van der Waals surface area contributed by atoms with Gasteiger partial charge < -0.3 is 5.32 Å². The Bertz CT molecular complexity index is 1170. The molecule has 7 nitrogen and oxygen atoms in total. The maximum Gasteiger partial charge on any atom is 0.242 e. The molecule has 2 unspecified atom stereocenters. The highest BCUT2D eigenvalue weighted by Crippen LogP contribution is 2.64. The number of nitrogens with one attached hydrogen (secondary N) is 1. The second kappa shape index (κ2) is 7.17. The van der Waals surface area contributed by atoms with E-state index in [9.17, 15) is 4.79 Å². The van der Waals surface area contributed by atoms with Crippen LogP contribution in [0.4, 0.5) is 5.82 Å². The first-order valence-electron chi connectivity index (χ1n) is 11.4. The number of carbonyl (C=O) groups is 1. The van der Waals surface area contributed by atoms with Gasteiger partial charge in [-0.2, -0.15) is 5.10 Å². The first-order valence-corrected chi connectivity index (χ1v) is 11.8. The van der Waals surface area contributed by atoms with Crippen LogP contribution in [0.1, 0.15) is 49.7 Å². The summed E-state index contributed by atoms with van der Waals surface area (Å²) >= 11 is 6.04. The fourth-order valence-electron chi connectivity index (χ4n) is 6.98. The molecule has 4 bridgehead atoms. The minimum Gasteiger partial charge on any atom is -0.309 e. The first-order chi connectivity index (χ1) is 15.4. The van der Waals surface area contributed by atoms with Crippen molar-refractivity contribution >= 4 is 23.3 Å². The van der Waals surface area contributed by atoms with E-state index in [-0.39, 0.29) is 22.1 Å². The lowest BCUT2D eigenvalue weighted by Gasteiger charge is -2.60. The zero-order chi connectivity index (χ0) is 21.9. The number of benzene rings is 1. The van der Waals surface area contributed by atoms with Crippen molar-refractivity contribution in [3.63, 3.8) is 0 Å². The number of carbonyl (C=O) groups excluding carboxylic acids is 1. The van der Waals surface area contributed by atoms with E-state index < -0.39 is 0 Å². The van der Waals surface area contributed by atoms with Crippen molar-refractivity contribution in [1.29, 1.82) is 0 Å². The number of hydrogen-bond donors (Lipinski definition) is 1. The Morgan fingerprint density at radius 2 is 2.00 bits per heavy atom. The van der Waals surface area contributed by atoms with Gasteiger partial charge in [-0.3, -0.25) is 9.48 Å². The van der Waals surface area contributed by atoms with Crippen LogP contribution >= 0.6 is 11.6 Å². The summed E-state index contributed by atoms with van der Waals surface area (Å²) in [5, 5.41) is 12.5. The third-order valence-corrected chi connectivity index (χ3v) is 7.94. The van der Waals surface area contributed by atoms with Crippen LogP contribution in [-0.2, 0) is 16.9 Å². The van der Waals surface area contributed by atoms with Crippen molar-refractivity contribution in [2.24, 2.45) is 17.3 Å². The molecule has 32 heavy (non-hydrogen) atoms. The summed E-state index contributed by atoms with van der Waals surface area (Å²) in [7, 11) is 0. The van der Waals surface area contributed by atoms with E-state index in [1.54, 1.807) is 6.33 Å². The highest BCUT2D eigenvalue weighted by Gasteiger charge is 2.61. The minimum atomic E-state index is -0.372. The number of aromatic nitrogens is 5. The zero-order valence-electron chi connectivity index (χ0n) is 18.2. The van der Waals surface area contributed by atoms with Gasteiger partial charge in [0.25, 0.3) is 0 Å². The lowest BCUT2D eigenvalue weighted by molar-refractivity contribution is -0.150. The summed E-state index contributed by atoms with van der Waals surface area (Å²) in [6.07, 6.45) is 9.69. The first kappa shape index (κ1) is 20.0. The number of nitrogens with zero attached hydrogens (tertiary/aromatic N) is 5. The number of amides is 1. The highest BCUT2D eigenvalue weighted by molar-refractivity contribution is 6.28. The molecular weight excluding hydrogens is 424 g/mol. The van der Waals surface area contributed by atoms with Crippen LogP contribution in [0.3, 0.4) is 0 Å². The molecule has 4 fully saturated rings. The smallest absolute Gasteiger partial charge is 0.242 e. The van der Waals surface area contributed by atoms with Gasteiger partial charge in [0, 0.05) is 12.3 Å². The van der Waals surface area contributed by atoms with E-state index in [0.29, 0.717) is 24.2 Å². The number of hydrogen-bond acceptors (Lipinski definition) is 4. The fourth-order valence-corrected chi connectivity index (χ4v) is 7.11. The van der Waals surface area contributed by atoms with Crippen molar-refractivity contribution in [2.45, 2.75) is 57.5 Å². The Balaban J connectivity index is 1.22. The monoisotopic (exact) mass is 450 g/mol. The van der Waals surface area contributed by atoms with Gasteiger partial charge in [-0.05, 0) is 74.4 Å². The third kappa shape index (κ3) is 3.34. The largest absolute Gasteiger partial charge is 0.309 e. The normalized spacial score (nSPS) is 30.6. The van der Waals surface area contributed by atoms with Crippen LogP contribution in [0.25, 0.3) is 0 Å². The van der Waals surface area contributed by atoms with Gasteiger partial charge in [-0.15, -0.1) is 5.10 Å². The number of aryl methyl sites for hydroxylation is 1. The van der Waals surface area contributed by atoms with Crippen LogP contribution < -0.4 is 5.32 Å². The van der Waals surface area contributed by atoms with Gasteiger partial charge in [-0.1, -0.05) is 29.8 Å². The molecular formula is C24H27ClN6O. The maximum atomic E-state index is 13.6. The Morgan fingerprint density at radius 1 is 1.19 bits per heavy atom. The van der Waals surface area contributed by atoms with Crippen molar-refractivity contribution in [3.05, 3.63) is 59.3 Å². The molecule has 3 aromatic rings. The second-order valence-electron chi connectivity index (χ2n) is 10.3. The molecule has 0 spiro atoms. The van der Waals surface area contributed by atoms with Crippen molar-refractivity contribution in [2.75, 3.05) is 5.32 Å². The van der Waals surface area contributed by atoms with Gasteiger partial charge in [-0.25, -0.2) is 9.67 Å². The highest BCUT2D eigenvalue weighted by atomic mass is 35.5. The predicted molar refractivity (Wildman–Crippen MR) is 121 cm³/mol. The predicted octanol–water partition coefficient (Wildman–Crippen LogP) is 4.42. The van der Waals surface area contributed by atoms with Crippen LogP contribution in [0.2, 0.25) is 5.28 Å². The number of rotatable bonds is 5. The summed E-state index contributed by atoms with van der Waals surface area (Å²) in [4.78, 5) is 17.8. The van der Waals surface area contributed by atoms with Gasteiger partial charge in [0.2, 0.25) is 11.2 Å². The van der Waals surface area contributed by atoms with E-state index >= 15 is 0 Å². The second-order valence-corrected chi connectivity index (χ2v) is 10.6. The summed E-state index contributed by atoms with van der Waals surface area (Å²) in [5.41, 5.74) is 1.91. The molecule has 166 valence electrons. The zero-order valence-corrected chi connectivity index (χ0v) is 18.9. The van der Waals surface area contributed by atoms with Gasteiger partial charge in [0.1, 0.15) is 6.33 Å². The fraction of sp³-hybridized carbons (Fsp3) is 0.500. The molecule has 1 N–H and O–H groups in total. The molecule has 7 rings (SSSR count).